The highest BCUT2D eigenvalue weighted by Gasteiger charge is 2.36. The third-order valence-electron chi connectivity index (χ3n) is 5.02. The Balaban J connectivity index is 2.26. The van der Waals surface area contributed by atoms with Gasteiger partial charge in [0.2, 0.25) is 11.6 Å². The van der Waals surface area contributed by atoms with E-state index in [1.807, 2.05) is 37.3 Å². The molecule has 1 aromatic carbocycles. The first kappa shape index (κ1) is 23.2. The molecule has 0 bridgehead atoms. The van der Waals surface area contributed by atoms with Crippen LogP contribution in [0.4, 0.5) is 0 Å². The summed E-state index contributed by atoms with van der Waals surface area (Å²) in [4.78, 5) is 53.2. The van der Waals surface area contributed by atoms with Gasteiger partial charge in [-0.25, -0.2) is 9.59 Å². The second-order valence-electron chi connectivity index (χ2n) is 7.00. The molecule has 0 aliphatic carbocycles. The molecule has 2 rings (SSSR count). The standard InChI is InChI=1S/C23H27NO6/c1-4-29-22(27)20(25)14-19-15(3)17(11-12-24-19)18(21(26)23(28)30-5-2)13-16-9-7-6-8-10-16/h6-12,15,18-19H,4-5,13-14H2,1-3H3. The van der Waals surface area contributed by atoms with E-state index in [0.717, 1.165) is 5.56 Å². The minimum atomic E-state index is -0.889. The summed E-state index contributed by atoms with van der Waals surface area (Å²) in [7, 11) is 0. The number of nitrogens with zero attached hydrogens (tertiary/aromatic N) is 1. The Morgan fingerprint density at radius 1 is 1.00 bits per heavy atom. The number of Topliss-reactive ketones (excluding diaryl/α,β-unsaturated/α-hetero) is 2. The number of hydrogen-bond donors (Lipinski definition) is 0. The molecule has 0 N–H and O–H groups in total. The zero-order valence-electron chi connectivity index (χ0n) is 17.5. The van der Waals surface area contributed by atoms with Crippen LogP contribution < -0.4 is 0 Å². The van der Waals surface area contributed by atoms with Crippen LogP contribution in [0.25, 0.3) is 0 Å². The van der Waals surface area contributed by atoms with Crippen LogP contribution in [-0.2, 0) is 35.1 Å². The summed E-state index contributed by atoms with van der Waals surface area (Å²) >= 11 is 0. The molecule has 7 nitrogen and oxygen atoms in total. The van der Waals surface area contributed by atoms with Crippen molar-refractivity contribution in [3.63, 3.8) is 0 Å². The van der Waals surface area contributed by atoms with Gasteiger partial charge in [0.15, 0.2) is 0 Å². The molecule has 1 aromatic rings. The number of carbonyl (C=O) groups excluding carboxylic acids is 4. The van der Waals surface area contributed by atoms with E-state index in [2.05, 4.69) is 4.99 Å². The fourth-order valence-corrected chi connectivity index (χ4v) is 3.45. The molecule has 3 unspecified atom stereocenters. The highest BCUT2D eigenvalue weighted by molar-refractivity contribution is 6.35. The van der Waals surface area contributed by atoms with Gasteiger partial charge in [-0.15, -0.1) is 0 Å². The van der Waals surface area contributed by atoms with Crippen LogP contribution in [0.1, 0.15) is 32.8 Å². The summed E-state index contributed by atoms with van der Waals surface area (Å²) in [5.41, 5.74) is 1.59. The summed E-state index contributed by atoms with van der Waals surface area (Å²) < 4.78 is 9.69. The fourth-order valence-electron chi connectivity index (χ4n) is 3.45. The van der Waals surface area contributed by atoms with Crippen molar-refractivity contribution in [2.45, 2.75) is 39.7 Å². The van der Waals surface area contributed by atoms with E-state index < -0.39 is 35.5 Å². The minimum Gasteiger partial charge on any atom is -0.460 e. The Hall–Kier alpha value is -3.09. The maximum absolute atomic E-state index is 12.9. The average molecular weight is 413 g/mol. The van der Waals surface area contributed by atoms with Gasteiger partial charge in [-0.3, -0.25) is 14.6 Å². The molecular formula is C23H27NO6. The van der Waals surface area contributed by atoms with Crippen molar-refractivity contribution in [2.24, 2.45) is 16.8 Å². The van der Waals surface area contributed by atoms with E-state index in [-0.39, 0.29) is 25.6 Å². The molecular weight excluding hydrogens is 386 g/mol. The molecule has 0 aromatic heterocycles. The molecule has 7 heteroatoms. The molecule has 3 atom stereocenters. The van der Waals surface area contributed by atoms with E-state index in [0.29, 0.717) is 12.0 Å². The van der Waals surface area contributed by atoms with Gasteiger partial charge in [0.1, 0.15) is 0 Å². The second kappa shape index (κ2) is 11.2. The molecule has 1 aliphatic heterocycles. The molecule has 0 saturated carbocycles. The van der Waals surface area contributed by atoms with Crippen molar-refractivity contribution in [3.05, 3.63) is 47.5 Å². The predicted molar refractivity (Wildman–Crippen MR) is 111 cm³/mol. The average Bonchev–Trinajstić information content (AvgIpc) is 2.74. The summed E-state index contributed by atoms with van der Waals surface area (Å²) in [5.74, 6) is -4.13. The summed E-state index contributed by atoms with van der Waals surface area (Å²) in [6.45, 7) is 5.33. The first-order valence-electron chi connectivity index (χ1n) is 10.1. The number of dihydropyridines is 1. The predicted octanol–water partition coefficient (Wildman–Crippen LogP) is 2.52. The molecule has 1 aliphatic rings. The Morgan fingerprint density at radius 2 is 1.63 bits per heavy atom. The highest BCUT2D eigenvalue weighted by Crippen LogP contribution is 2.32. The second-order valence-corrected chi connectivity index (χ2v) is 7.00. The fraction of sp³-hybridized carbons (Fsp3) is 0.435. The molecule has 1 heterocycles. The van der Waals surface area contributed by atoms with Gasteiger partial charge in [-0.2, -0.15) is 0 Å². The van der Waals surface area contributed by atoms with Crippen molar-refractivity contribution in [2.75, 3.05) is 13.2 Å². The lowest BCUT2D eigenvalue weighted by Gasteiger charge is -2.30. The molecule has 30 heavy (non-hydrogen) atoms. The van der Waals surface area contributed by atoms with Crippen LogP contribution in [0, 0.1) is 11.8 Å². The Morgan fingerprint density at radius 3 is 2.27 bits per heavy atom. The lowest BCUT2D eigenvalue weighted by Crippen LogP contribution is -2.36. The Bertz CT molecular complexity index is 843. The van der Waals surface area contributed by atoms with E-state index in [1.54, 1.807) is 19.9 Å². The number of ether oxygens (including phenoxy) is 2. The third-order valence-corrected chi connectivity index (χ3v) is 5.02. The number of benzene rings is 1. The molecule has 0 fully saturated rings. The number of ketones is 2. The topological polar surface area (TPSA) is 99.1 Å². The number of allylic oxidation sites excluding steroid dienone is 1. The van der Waals surface area contributed by atoms with Crippen molar-refractivity contribution in [1.29, 1.82) is 0 Å². The first-order valence-corrected chi connectivity index (χ1v) is 10.1. The van der Waals surface area contributed by atoms with Gasteiger partial charge >= 0.3 is 11.9 Å². The minimum absolute atomic E-state index is 0.107. The summed E-state index contributed by atoms with van der Waals surface area (Å²) in [6.07, 6.45) is 3.43. The van der Waals surface area contributed by atoms with Gasteiger partial charge in [0, 0.05) is 18.6 Å². The monoisotopic (exact) mass is 413 g/mol. The number of hydrogen-bond acceptors (Lipinski definition) is 7. The largest absolute Gasteiger partial charge is 0.460 e. The van der Waals surface area contributed by atoms with Crippen LogP contribution in [-0.4, -0.2) is 49.0 Å². The maximum Gasteiger partial charge on any atom is 0.375 e. The highest BCUT2D eigenvalue weighted by atomic mass is 16.5. The third kappa shape index (κ3) is 5.95. The molecule has 0 radical (unpaired) electrons. The number of aliphatic imine (C=N–C) groups is 1. The Labute approximate surface area is 176 Å². The van der Waals surface area contributed by atoms with Gasteiger partial charge in [-0.05, 0) is 31.9 Å². The lowest BCUT2D eigenvalue weighted by atomic mass is 9.77. The van der Waals surface area contributed by atoms with E-state index >= 15 is 0 Å². The van der Waals surface area contributed by atoms with Crippen LogP contribution in [0.3, 0.4) is 0 Å². The first-order chi connectivity index (χ1) is 14.4. The number of carbonyl (C=O) groups is 4. The van der Waals surface area contributed by atoms with Gasteiger partial charge in [0.05, 0.1) is 25.2 Å². The molecule has 0 amide bonds. The molecule has 0 spiro atoms. The smallest absolute Gasteiger partial charge is 0.375 e. The normalized spacial score (nSPS) is 18.8. The van der Waals surface area contributed by atoms with E-state index in [4.69, 9.17) is 9.47 Å². The lowest BCUT2D eigenvalue weighted by molar-refractivity contribution is -0.155. The summed E-state index contributed by atoms with van der Waals surface area (Å²) in [5, 5.41) is 0. The van der Waals surface area contributed by atoms with Gasteiger partial charge in [0.25, 0.3) is 0 Å². The van der Waals surface area contributed by atoms with Crippen LogP contribution in [0.15, 0.2) is 47.0 Å². The number of rotatable bonds is 10. The van der Waals surface area contributed by atoms with Crippen LogP contribution in [0.5, 0.6) is 0 Å². The van der Waals surface area contributed by atoms with Gasteiger partial charge in [-0.1, -0.05) is 42.8 Å². The Kier molecular flexibility index (Phi) is 8.65. The van der Waals surface area contributed by atoms with Crippen molar-refractivity contribution < 1.29 is 28.7 Å². The van der Waals surface area contributed by atoms with Crippen LogP contribution >= 0.6 is 0 Å². The van der Waals surface area contributed by atoms with Gasteiger partial charge < -0.3 is 9.47 Å². The van der Waals surface area contributed by atoms with Crippen molar-refractivity contribution in [1.82, 2.24) is 0 Å². The molecule has 0 saturated heterocycles. The molecule has 160 valence electrons. The SMILES string of the molecule is CCOC(=O)C(=O)CC1N=CC=C(C(Cc2ccccc2)C(=O)C(=O)OCC)C1C. The van der Waals surface area contributed by atoms with E-state index in [1.165, 1.54) is 6.21 Å². The zero-order chi connectivity index (χ0) is 22.1. The maximum atomic E-state index is 12.9. The quantitative estimate of drug-likeness (QED) is 0.432. The van der Waals surface area contributed by atoms with Crippen LogP contribution in [0.2, 0.25) is 0 Å². The van der Waals surface area contributed by atoms with Crippen molar-refractivity contribution in [3.8, 4) is 0 Å². The van der Waals surface area contributed by atoms with E-state index in [9.17, 15) is 19.2 Å². The summed E-state index contributed by atoms with van der Waals surface area (Å²) in [6, 6.07) is 8.85. The van der Waals surface area contributed by atoms with Crippen molar-refractivity contribution >= 4 is 29.7 Å². The number of esters is 2. The zero-order valence-corrected chi connectivity index (χ0v) is 17.5.